The summed E-state index contributed by atoms with van der Waals surface area (Å²) in [4.78, 5) is 12.5. The van der Waals surface area contributed by atoms with Crippen molar-refractivity contribution in [3.05, 3.63) is 0 Å². The van der Waals surface area contributed by atoms with Crippen LogP contribution in [0.5, 0.6) is 0 Å². The largest absolute Gasteiger partial charge is 0.459 e. The molecule has 0 saturated carbocycles. The highest BCUT2D eigenvalue weighted by Gasteiger charge is 2.51. The molecule has 0 bridgehead atoms. The molecule has 0 aliphatic rings. The molecular weight excluding hydrogens is 312 g/mol. The third-order valence-corrected chi connectivity index (χ3v) is 5.33. The molecular formula is C17H30F4O2. The molecule has 0 heterocycles. The number of hydrogen-bond donors (Lipinski definition) is 0. The molecule has 0 fully saturated rings. The van der Waals surface area contributed by atoms with E-state index in [-0.39, 0.29) is 5.41 Å². The normalized spacial score (nSPS) is 16.3. The number of halogens is 4. The zero-order chi connectivity index (χ0) is 18.7. The van der Waals surface area contributed by atoms with Crippen molar-refractivity contribution in [2.45, 2.75) is 80.1 Å². The van der Waals surface area contributed by atoms with E-state index in [4.69, 9.17) is 0 Å². The summed E-state index contributed by atoms with van der Waals surface area (Å²) < 4.78 is 55.2. The first-order valence-electron chi connectivity index (χ1n) is 7.98. The minimum absolute atomic E-state index is 0.203. The predicted molar refractivity (Wildman–Crippen MR) is 82.8 cm³/mol. The van der Waals surface area contributed by atoms with Crippen LogP contribution in [0.25, 0.3) is 0 Å². The maximum Gasteiger partial charge on any atom is 0.340 e. The first-order chi connectivity index (χ1) is 10.1. The fourth-order valence-corrected chi connectivity index (χ4v) is 2.44. The lowest BCUT2D eigenvalue weighted by Gasteiger charge is -2.46. The Morgan fingerprint density at radius 2 is 1.48 bits per heavy atom. The zero-order valence-corrected chi connectivity index (χ0v) is 15.2. The van der Waals surface area contributed by atoms with Gasteiger partial charge >= 0.3 is 18.3 Å². The van der Waals surface area contributed by atoms with E-state index in [1.807, 2.05) is 41.5 Å². The van der Waals surface area contributed by atoms with E-state index >= 15 is 0 Å². The number of carbonyl (C=O) groups excluding carboxylic acids is 1. The molecule has 0 N–H and O–H groups in total. The summed E-state index contributed by atoms with van der Waals surface area (Å²) in [7, 11) is 0. The van der Waals surface area contributed by atoms with Crippen LogP contribution >= 0.6 is 0 Å². The molecule has 0 spiro atoms. The van der Waals surface area contributed by atoms with Crippen molar-refractivity contribution < 1.29 is 27.1 Å². The minimum atomic E-state index is -4.33. The Morgan fingerprint density at radius 1 is 1.00 bits per heavy atom. The Balaban J connectivity index is 5.42. The monoisotopic (exact) mass is 342 g/mol. The van der Waals surface area contributed by atoms with Crippen molar-refractivity contribution in [1.29, 1.82) is 0 Å². The quantitative estimate of drug-likeness (QED) is 0.397. The summed E-state index contributed by atoms with van der Waals surface area (Å²) in [6.45, 7) is 11.7. The number of ether oxygens (including phenoxy) is 1. The predicted octanol–water partition coefficient (Wildman–Crippen LogP) is 5.70. The number of alkyl halides is 4. The van der Waals surface area contributed by atoms with E-state index in [9.17, 15) is 22.4 Å². The lowest BCUT2D eigenvalue weighted by molar-refractivity contribution is -0.193. The molecule has 2 nitrogen and oxygen atoms in total. The van der Waals surface area contributed by atoms with Crippen molar-refractivity contribution in [2.24, 2.45) is 16.2 Å². The Hall–Kier alpha value is -0.810. The second-order valence-electron chi connectivity index (χ2n) is 7.90. The zero-order valence-electron chi connectivity index (χ0n) is 15.2. The van der Waals surface area contributed by atoms with Crippen LogP contribution in [-0.4, -0.2) is 24.9 Å². The van der Waals surface area contributed by atoms with Gasteiger partial charge in [0.15, 0.2) is 6.61 Å². The molecule has 0 aromatic heterocycles. The summed E-state index contributed by atoms with van der Waals surface area (Å²) in [6.07, 6.45) is -2.00. The Labute approximate surface area is 137 Å². The second-order valence-corrected chi connectivity index (χ2v) is 7.90. The minimum Gasteiger partial charge on any atom is -0.459 e. The van der Waals surface area contributed by atoms with E-state index in [0.717, 1.165) is 6.42 Å². The lowest BCUT2D eigenvalue weighted by Crippen LogP contribution is -2.47. The summed E-state index contributed by atoms with van der Waals surface area (Å²) in [5, 5.41) is 0. The van der Waals surface area contributed by atoms with Gasteiger partial charge in [0.05, 0.1) is 5.41 Å². The van der Waals surface area contributed by atoms with Crippen molar-refractivity contribution in [3.8, 4) is 0 Å². The van der Waals surface area contributed by atoms with E-state index < -0.39 is 35.8 Å². The Morgan fingerprint density at radius 3 is 1.83 bits per heavy atom. The smallest absolute Gasteiger partial charge is 0.340 e. The summed E-state index contributed by atoms with van der Waals surface area (Å²) in [5.74, 6) is -5.17. The lowest BCUT2D eigenvalue weighted by atomic mass is 9.58. The summed E-state index contributed by atoms with van der Waals surface area (Å²) in [5.41, 5.74) is -1.76. The van der Waals surface area contributed by atoms with Gasteiger partial charge in [-0.25, -0.2) is 8.78 Å². The van der Waals surface area contributed by atoms with Gasteiger partial charge in [-0.1, -0.05) is 48.0 Å². The fourth-order valence-electron chi connectivity index (χ4n) is 2.44. The van der Waals surface area contributed by atoms with Gasteiger partial charge in [-0.2, -0.15) is 8.78 Å². The molecule has 1 atom stereocenters. The van der Waals surface area contributed by atoms with Gasteiger partial charge in [0.2, 0.25) is 0 Å². The summed E-state index contributed by atoms with van der Waals surface area (Å²) in [6, 6.07) is 0. The van der Waals surface area contributed by atoms with Gasteiger partial charge in [0.25, 0.3) is 0 Å². The molecule has 0 radical (unpaired) electrons. The molecule has 0 aromatic carbocycles. The van der Waals surface area contributed by atoms with Crippen LogP contribution in [0, 0.1) is 16.2 Å². The molecule has 6 heteroatoms. The van der Waals surface area contributed by atoms with Crippen molar-refractivity contribution in [3.63, 3.8) is 0 Å². The summed E-state index contributed by atoms with van der Waals surface area (Å²) >= 11 is 0. The van der Waals surface area contributed by atoms with Gasteiger partial charge in [-0.15, -0.1) is 0 Å². The van der Waals surface area contributed by atoms with Crippen LogP contribution in [0.4, 0.5) is 17.6 Å². The van der Waals surface area contributed by atoms with E-state index in [1.165, 1.54) is 0 Å². The van der Waals surface area contributed by atoms with Crippen LogP contribution in [0.15, 0.2) is 0 Å². The number of rotatable bonds is 9. The fraction of sp³-hybridized carbons (Fsp3) is 0.941. The standard InChI is InChI=1S/C17H30F4O2/c1-8-14(3,4)10-16(7,15(5,6)9-2)13(22)23-11-17(20,21)12(18)19/h12H,8-11H2,1-7H3. The first-order valence-corrected chi connectivity index (χ1v) is 7.98. The third-order valence-electron chi connectivity index (χ3n) is 5.33. The van der Waals surface area contributed by atoms with Crippen molar-refractivity contribution in [2.75, 3.05) is 6.61 Å². The highest BCUT2D eigenvalue weighted by atomic mass is 19.3. The average Bonchev–Trinajstić information content (AvgIpc) is 2.43. The molecule has 0 aliphatic carbocycles. The number of hydrogen-bond acceptors (Lipinski definition) is 2. The number of esters is 1. The maximum absolute atomic E-state index is 13.1. The topological polar surface area (TPSA) is 26.3 Å². The average molecular weight is 342 g/mol. The molecule has 0 aliphatic heterocycles. The molecule has 0 saturated heterocycles. The van der Waals surface area contributed by atoms with Gasteiger partial charge in [-0.05, 0) is 30.6 Å². The molecule has 1 unspecified atom stereocenters. The Bertz CT molecular complexity index is 405. The van der Waals surface area contributed by atoms with Crippen LogP contribution in [0.2, 0.25) is 0 Å². The van der Waals surface area contributed by atoms with E-state index in [1.54, 1.807) is 6.92 Å². The van der Waals surface area contributed by atoms with E-state index in [2.05, 4.69) is 4.74 Å². The van der Waals surface area contributed by atoms with Crippen LogP contribution in [0.3, 0.4) is 0 Å². The highest BCUT2D eigenvalue weighted by Crippen LogP contribution is 2.50. The van der Waals surface area contributed by atoms with Gasteiger partial charge in [0.1, 0.15) is 0 Å². The van der Waals surface area contributed by atoms with Gasteiger partial charge in [-0.3, -0.25) is 4.79 Å². The van der Waals surface area contributed by atoms with Crippen molar-refractivity contribution in [1.82, 2.24) is 0 Å². The van der Waals surface area contributed by atoms with Crippen molar-refractivity contribution >= 4 is 5.97 Å². The molecule has 0 rings (SSSR count). The van der Waals surface area contributed by atoms with Crippen LogP contribution < -0.4 is 0 Å². The molecule has 0 aromatic rings. The Kier molecular flexibility index (Phi) is 7.13. The van der Waals surface area contributed by atoms with Crippen LogP contribution in [0.1, 0.15) is 67.7 Å². The SMILES string of the molecule is CCC(C)(C)CC(C)(C(=O)OCC(F)(F)C(F)F)C(C)(C)CC. The second kappa shape index (κ2) is 7.39. The third kappa shape index (κ3) is 5.35. The van der Waals surface area contributed by atoms with Crippen LogP contribution in [-0.2, 0) is 9.53 Å². The number of carbonyl (C=O) groups is 1. The maximum atomic E-state index is 13.1. The highest BCUT2D eigenvalue weighted by molar-refractivity contribution is 5.77. The molecule has 138 valence electrons. The van der Waals surface area contributed by atoms with Gasteiger partial charge in [0, 0.05) is 0 Å². The molecule has 0 amide bonds. The first kappa shape index (κ1) is 22.2. The van der Waals surface area contributed by atoms with Gasteiger partial charge < -0.3 is 4.74 Å². The van der Waals surface area contributed by atoms with E-state index in [0.29, 0.717) is 12.8 Å². The molecule has 23 heavy (non-hydrogen) atoms.